The molecule has 3 rings (SSSR count). The van der Waals surface area contributed by atoms with E-state index < -0.39 is 0 Å². The van der Waals surface area contributed by atoms with Crippen LogP contribution in [0.3, 0.4) is 0 Å². The van der Waals surface area contributed by atoms with Gasteiger partial charge >= 0.3 is 0 Å². The van der Waals surface area contributed by atoms with Gasteiger partial charge in [-0.2, -0.15) is 5.10 Å². The number of nitrogens with zero attached hydrogens (tertiary/aromatic N) is 4. The number of aromatic amines is 1. The van der Waals surface area contributed by atoms with Crippen LogP contribution < -0.4 is 4.74 Å². The Morgan fingerprint density at radius 3 is 3.00 bits per heavy atom. The Labute approximate surface area is 148 Å². The van der Waals surface area contributed by atoms with Gasteiger partial charge in [-0.1, -0.05) is 12.1 Å². The van der Waals surface area contributed by atoms with Gasteiger partial charge in [0.1, 0.15) is 24.5 Å². The monoisotopic (exact) mass is 343 g/mol. The van der Waals surface area contributed by atoms with Crippen molar-refractivity contribution in [3.8, 4) is 5.75 Å². The third-order valence-corrected chi connectivity index (χ3v) is 4.44. The molecule has 1 amide bonds. The van der Waals surface area contributed by atoms with Crippen LogP contribution in [0, 0.1) is 0 Å². The van der Waals surface area contributed by atoms with Crippen molar-refractivity contribution in [2.75, 3.05) is 40.3 Å². The van der Waals surface area contributed by atoms with Crippen LogP contribution in [-0.2, 0) is 0 Å². The number of para-hydroxylation sites is 1. The molecule has 7 nitrogen and oxygen atoms in total. The fraction of sp³-hybridized carbons (Fsp3) is 0.500. The normalized spacial score (nSPS) is 17.7. The van der Waals surface area contributed by atoms with Gasteiger partial charge in [-0.25, -0.2) is 4.98 Å². The number of nitrogens with one attached hydrogen (secondary N) is 1. The summed E-state index contributed by atoms with van der Waals surface area (Å²) in [5.41, 5.74) is 0.625. The number of carbonyl (C=O) groups excluding carboxylic acids is 1. The first-order valence-corrected chi connectivity index (χ1v) is 8.66. The molecule has 0 saturated carbocycles. The molecule has 1 fully saturated rings. The summed E-state index contributed by atoms with van der Waals surface area (Å²) in [6, 6.07) is 7.48. The average molecular weight is 343 g/mol. The van der Waals surface area contributed by atoms with E-state index in [2.05, 4.69) is 20.1 Å². The predicted molar refractivity (Wildman–Crippen MR) is 94.8 cm³/mol. The number of likely N-dealkylation sites (N-methyl/N-ethyl adjacent to an activating group) is 1. The molecule has 1 atom stereocenters. The number of aromatic nitrogens is 3. The predicted octanol–water partition coefficient (Wildman–Crippen LogP) is 1.76. The highest BCUT2D eigenvalue weighted by molar-refractivity contribution is 5.97. The highest BCUT2D eigenvalue weighted by atomic mass is 16.5. The van der Waals surface area contributed by atoms with Crippen LogP contribution in [0.15, 0.2) is 30.6 Å². The van der Waals surface area contributed by atoms with Crippen LogP contribution in [0.1, 0.15) is 34.9 Å². The first-order valence-electron chi connectivity index (χ1n) is 8.66. The SMILES string of the molecule is CN(C)CCOc1ccccc1C(=O)N1CCCC(c2ncn[nH]2)C1. The van der Waals surface area contributed by atoms with Crippen molar-refractivity contribution in [1.29, 1.82) is 0 Å². The number of benzene rings is 1. The van der Waals surface area contributed by atoms with Crippen LogP contribution in [0.2, 0.25) is 0 Å². The zero-order chi connectivity index (χ0) is 17.6. The highest BCUT2D eigenvalue weighted by Crippen LogP contribution is 2.27. The number of amides is 1. The van der Waals surface area contributed by atoms with Gasteiger partial charge in [0.05, 0.1) is 5.56 Å². The topological polar surface area (TPSA) is 74.3 Å². The van der Waals surface area contributed by atoms with E-state index in [1.807, 2.05) is 43.3 Å². The van der Waals surface area contributed by atoms with E-state index >= 15 is 0 Å². The second-order valence-electron chi connectivity index (χ2n) is 6.61. The number of rotatable bonds is 6. The van der Waals surface area contributed by atoms with Gasteiger partial charge in [-0.3, -0.25) is 9.89 Å². The molecule has 7 heteroatoms. The summed E-state index contributed by atoms with van der Waals surface area (Å²) in [7, 11) is 4.00. The number of hydrogen-bond donors (Lipinski definition) is 1. The maximum Gasteiger partial charge on any atom is 0.257 e. The lowest BCUT2D eigenvalue weighted by atomic mass is 9.96. The summed E-state index contributed by atoms with van der Waals surface area (Å²) in [5, 5.41) is 6.85. The maximum atomic E-state index is 13.0. The summed E-state index contributed by atoms with van der Waals surface area (Å²) in [6.07, 6.45) is 3.49. The molecule has 0 aliphatic carbocycles. The quantitative estimate of drug-likeness (QED) is 0.865. The Morgan fingerprint density at radius 2 is 2.24 bits per heavy atom. The van der Waals surface area contributed by atoms with Gasteiger partial charge in [-0.15, -0.1) is 0 Å². The summed E-state index contributed by atoms with van der Waals surface area (Å²) < 4.78 is 5.84. The molecule has 1 unspecified atom stereocenters. The molecule has 0 bridgehead atoms. The number of hydrogen-bond acceptors (Lipinski definition) is 5. The van der Waals surface area contributed by atoms with E-state index in [-0.39, 0.29) is 11.8 Å². The Morgan fingerprint density at radius 1 is 1.40 bits per heavy atom. The second kappa shape index (κ2) is 8.11. The lowest BCUT2D eigenvalue weighted by Gasteiger charge is -2.32. The maximum absolute atomic E-state index is 13.0. The molecular formula is C18H25N5O2. The fourth-order valence-corrected chi connectivity index (χ4v) is 3.07. The van der Waals surface area contributed by atoms with Crippen LogP contribution in [0.5, 0.6) is 5.75 Å². The zero-order valence-electron chi connectivity index (χ0n) is 14.8. The summed E-state index contributed by atoms with van der Waals surface area (Å²) in [5.74, 6) is 1.73. The standard InChI is InChI=1S/C18H25N5O2/c1-22(2)10-11-25-16-8-4-3-7-15(16)18(24)23-9-5-6-14(12-23)17-19-13-20-21-17/h3-4,7-8,13-14H,5-6,9-12H2,1-2H3,(H,19,20,21). The van der Waals surface area contributed by atoms with Crippen molar-refractivity contribution in [3.63, 3.8) is 0 Å². The van der Waals surface area contributed by atoms with Gasteiger partial charge in [-0.05, 0) is 39.1 Å². The van der Waals surface area contributed by atoms with E-state index in [9.17, 15) is 4.79 Å². The van der Waals surface area contributed by atoms with Gasteiger partial charge in [0.2, 0.25) is 0 Å². The van der Waals surface area contributed by atoms with E-state index in [4.69, 9.17) is 4.74 Å². The second-order valence-corrected chi connectivity index (χ2v) is 6.61. The first kappa shape index (κ1) is 17.4. The molecule has 1 aromatic carbocycles. The van der Waals surface area contributed by atoms with Crippen LogP contribution >= 0.6 is 0 Å². The van der Waals surface area contributed by atoms with Crippen LogP contribution in [-0.4, -0.2) is 71.2 Å². The number of H-pyrrole nitrogens is 1. The third kappa shape index (κ3) is 4.36. The van der Waals surface area contributed by atoms with Gasteiger partial charge in [0.25, 0.3) is 5.91 Å². The third-order valence-electron chi connectivity index (χ3n) is 4.44. The molecule has 1 aliphatic heterocycles. The van der Waals surface area contributed by atoms with Crippen molar-refractivity contribution in [1.82, 2.24) is 25.0 Å². The Bertz CT molecular complexity index is 687. The smallest absolute Gasteiger partial charge is 0.257 e. The van der Waals surface area contributed by atoms with E-state index in [0.717, 1.165) is 31.8 Å². The Hall–Kier alpha value is -2.41. The number of carbonyl (C=O) groups is 1. The van der Waals surface area contributed by atoms with E-state index in [1.165, 1.54) is 6.33 Å². The van der Waals surface area contributed by atoms with Crippen molar-refractivity contribution < 1.29 is 9.53 Å². The highest BCUT2D eigenvalue weighted by Gasteiger charge is 2.28. The molecule has 0 spiro atoms. The van der Waals surface area contributed by atoms with Crippen LogP contribution in [0.25, 0.3) is 0 Å². The molecule has 1 saturated heterocycles. The molecule has 0 radical (unpaired) electrons. The molecule has 2 heterocycles. The molecule has 1 aliphatic rings. The van der Waals surface area contributed by atoms with Gasteiger partial charge in [0.15, 0.2) is 0 Å². The molecule has 25 heavy (non-hydrogen) atoms. The minimum Gasteiger partial charge on any atom is -0.491 e. The van der Waals surface area contributed by atoms with E-state index in [1.54, 1.807) is 0 Å². The summed E-state index contributed by atoms with van der Waals surface area (Å²) >= 11 is 0. The van der Waals surface area contributed by atoms with Gasteiger partial charge in [0, 0.05) is 25.6 Å². The molecular weight excluding hydrogens is 318 g/mol. The summed E-state index contributed by atoms with van der Waals surface area (Å²) in [4.78, 5) is 21.2. The van der Waals surface area contributed by atoms with Crippen molar-refractivity contribution in [3.05, 3.63) is 42.0 Å². The molecule has 134 valence electrons. The van der Waals surface area contributed by atoms with E-state index in [0.29, 0.717) is 24.5 Å². The molecule has 1 N–H and O–H groups in total. The number of likely N-dealkylation sites (tertiary alicyclic amines) is 1. The lowest BCUT2D eigenvalue weighted by Crippen LogP contribution is -2.39. The molecule has 2 aromatic rings. The van der Waals surface area contributed by atoms with Crippen molar-refractivity contribution in [2.45, 2.75) is 18.8 Å². The first-order chi connectivity index (χ1) is 12.1. The largest absolute Gasteiger partial charge is 0.491 e. The fourth-order valence-electron chi connectivity index (χ4n) is 3.07. The minimum absolute atomic E-state index is 0.0182. The van der Waals surface area contributed by atoms with Crippen molar-refractivity contribution in [2.24, 2.45) is 0 Å². The lowest BCUT2D eigenvalue weighted by molar-refractivity contribution is 0.0700. The average Bonchev–Trinajstić information content (AvgIpc) is 3.16. The van der Waals surface area contributed by atoms with Crippen LogP contribution in [0.4, 0.5) is 0 Å². The van der Waals surface area contributed by atoms with Crippen molar-refractivity contribution >= 4 is 5.91 Å². The minimum atomic E-state index is 0.0182. The Balaban J connectivity index is 1.70. The zero-order valence-corrected chi connectivity index (χ0v) is 14.8. The molecule has 1 aromatic heterocycles. The van der Waals surface area contributed by atoms with Gasteiger partial charge < -0.3 is 14.5 Å². The number of piperidine rings is 1. The Kier molecular flexibility index (Phi) is 5.65. The number of ether oxygens (including phenoxy) is 1. The summed E-state index contributed by atoms with van der Waals surface area (Å²) in [6.45, 7) is 2.77.